The summed E-state index contributed by atoms with van der Waals surface area (Å²) in [5, 5.41) is 4.69. The molecule has 1 aliphatic rings. The summed E-state index contributed by atoms with van der Waals surface area (Å²) in [5.74, 6) is 0. The van der Waals surface area contributed by atoms with Gasteiger partial charge in [0.1, 0.15) is 0 Å². The Bertz CT molecular complexity index is 543. The third-order valence-corrected chi connectivity index (χ3v) is 3.94. The average Bonchev–Trinajstić information content (AvgIpc) is 2.76. The summed E-state index contributed by atoms with van der Waals surface area (Å²) in [6, 6.07) is 22.2. The maximum absolute atomic E-state index is 4.69. The minimum absolute atomic E-state index is 0. The van der Waals surface area contributed by atoms with Crippen LogP contribution in [0.5, 0.6) is 0 Å². The number of hydrogen-bond donors (Lipinski definition) is 0. The van der Waals surface area contributed by atoms with Crippen LogP contribution in [-0.2, 0) is 59.2 Å². The summed E-state index contributed by atoms with van der Waals surface area (Å²) in [4.78, 5) is 0. The Morgan fingerprint density at radius 3 is 2.33 bits per heavy atom. The molecule has 0 N–H and O–H groups in total. The van der Waals surface area contributed by atoms with Gasteiger partial charge in [-0.3, -0.25) is 0 Å². The molecular weight excluding hydrogens is 503 g/mol. The Morgan fingerprint density at radius 1 is 1.14 bits per heavy atom. The van der Waals surface area contributed by atoms with Gasteiger partial charge in [0.25, 0.3) is 0 Å². The second-order valence-corrected chi connectivity index (χ2v) is 5.19. The fourth-order valence-corrected chi connectivity index (χ4v) is 3.10. The van der Waals surface area contributed by atoms with E-state index in [-0.39, 0.29) is 59.2 Å². The molecule has 0 spiro atoms. The first-order valence-corrected chi connectivity index (χ1v) is 6.66. The van der Waals surface area contributed by atoms with Crippen molar-refractivity contribution in [3.8, 4) is 0 Å². The number of nitrogens with zero attached hydrogens (tertiary/aromatic N) is 1. The van der Waals surface area contributed by atoms with Crippen LogP contribution < -0.4 is 0 Å². The standard InChI is InChI=1S/C18H17N.W.Y/c1-14-13-18(15(2)19-14,16-9-5-3-6-10-16)17-11-7-4-8-12-17;;/h3-7,9-12,14H,2,13H2,1H3;;/q-2;;. The van der Waals surface area contributed by atoms with Crippen LogP contribution in [0, 0.1) is 6.07 Å². The van der Waals surface area contributed by atoms with Gasteiger partial charge in [0.2, 0.25) is 0 Å². The van der Waals surface area contributed by atoms with Crippen LogP contribution in [0.15, 0.2) is 66.9 Å². The maximum Gasteiger partial charge on any atom is 0 e. The number of rotatable bonds is 2. The zero-order chi connectivity index (χ0) is 13.3. The average molecular weight is 520 g/mol. The minimum Gasteiger partial charge on any atom is -0.686 e. The molecule has 3 rings (SSSR count). The summed E-state index contributed by atoms with van der Waals surface area (Å²) in [6.45, 7) is 6.39. The van der Waals surface area contributed by atoms with E-state index in [4.69, 9.17) is 0 Å². The van der Waals surface area contributed by atoms with Crippen molar-refractivity contribution in [2.45, 2.75) is 24.8 Å². The second kappa shape index (κ2) is 7.86. The van der Waals surface area contributed by atoms with Crippen molar-refractivity contribution in [1.29, 1.82) is 0 Å². The normalized spacial score (nSPS) is 23.7. The van der Waals surface area contributed by atoms with Gasteiger partial charge in [-0.15, -0.1) is 18.2 Å². The van der Waals surface area contributed by atoms with E-state index in [1.807, 2.05) is 18.2 Å². The third-order valence-electron chi connectivity index (χ3n) is 3.94. The Labute approximate surface area is 166 Å². The van der Waals surface area contributed by atoms with E-state index in [0.717, 1.165) is 12.1 Å². The molecule has 1 nitrogen and oxygen atoms in total. The van der Waals surface area contributed by atoms with Gasteiger partial charge in [-0.2, -0.15) is 36.0 Å². The van der Waals surface area contributed by atoms with Crippen molar-refractivity contribution in [3.05, 3.63) is 89.4 Å². The van der Waals surface area contributed by atoms with E-state index >= 15 is 0 Å². The molecule has 0 aliphatic carbocycles. The van der Waals surface area contributed by atoms with Crippen molar-refractivity contribution >= 4 is 0 Å². The van der Waals surface area contributed by atoms with Crippen LogP contribution in [0.4, 0.5) is 0 Å². The summed E-state index contributed by atoms with van der Waals surface area (Å²) >= 11 is 0. The smallest absolute Gasteiger partial charge is 0 e. The van der Waals surface area contributed by atoms with Crippen LogP contribution in [-0.4, -0.2) is 6.04 Å². The van der Waals surface area contributed by atoms with Crippen LogP contribution in [0.2, 0.25) is 0 Å². The van der Waals surface area contributed by atoms with E-state index in [2.05, 4.69) is 61.3 Å². The molecule has 1 fully saturated rings. The summed E-state index contributed by atoms with van der Waals surface area (Å²) in [5.41, 5.74) is 3.29. The molecule has 0 bridgehead atoms. The van der Waals surface area contributed by atoms with E-state index in [9.17, 15) is 0 Å². The third kappa shape index (κ3) is 3.41. The van der Waals surface area contributed by atoms with Gasteiger partial charge in [0.15, 0.2) is 0 Å². The van der Waals surface area contributed by atoms with E-state index < -0.39 is 0 Å². The molecule has 2 aromatic rings. The van der Waals surface area contributed by atoms with Crippen LogP contribution in [0.3, 0.4) is 0 Å². The number of benzene rings is 2. The summed E-state index contributed by atoms with van der Waals surface area (Å²) < 4.78 is 0. The number of hydrogen-bond acceptors (Lipinski definition) is 0. The van der Waals surface area contributed by atoms with Crippen molar-refractivity contribution < 1.29 is 53.8 Å². The Balaban J connectivity index is 0.00000110. The van der Waals surface area contributed by atoms with Gasteiger partial charge in [-0.25, -0.2) is 0 Å². The van der Waals surface area contributed by atoms with Gasteiger partial charge in [0, 0.05) is 53.8 Å². The van der Waals surface area contributed by atoms with Crippen molar-refractivity contribution in [2.24, 2.45) is 0 Å². The fraction of sp³-hybridized carbons (Fsp3) is 0.222. The molecule has 1 saturated heterocycles. The van der Waals surface area contributed by atoms with E-state index in [0.29, 0.717) is 6.04 Å². The quantitative estimate of drug-likeness (QED) is 0.521. The molecule has 3 heteroatoms. The predicted molar refractivity (Wildman–Crippen MR) is 79.1 cm³/mol. The Morgan fingerprint density at radius 2 is 1.81 bits per heavy atom. The van der Waals surface area contributed by atoms with Crippen LogP contribution in [0.25, 0.3) is 5.32 Å². The monoisotopic (exact) mass is 520 g/mol. The first-order chi connectivity index (χ1) is 9.23. The molecule has 1 radical (unpaired) electrons. The molecule has 1 heterocycles. The molecule has 1 aliphatic heterocycles. The molecule has 2 atom stereocenters. The van der Waals surface area contributed by atoms with Gasteiger partial charge in [0.05, 0.1) is 0 Å². The molecule has 0 amide bonds. The van der Waals surface area contributed by atoms with Gasteiger partial charge < -0.3 is 5.32 Å². The van der Waals surface area contributed by atoms with Gasteiger partial charge in [-0.05, 0) is 11.0 Å². The second-order valence-electron chi connectivity index (χ2n) is 5.19. The summed E-state index contributed by atoms with van der Waals surface area (Å²) in [6.07, 6.45) is 0.980. The number of allylic oxidation sites excluding steroid dienone is 1. The van der Waals surface area contributed by atoms with E-state index in [1.54, 1.807) is 0 Å². The van der Waals surface area contributed by atoms with Gasteiger partial charge in [-0.1, -0.05) is 43.7 Å². The van der Waals surface area contributed by atoms with Crippen LogP contribution in [0.1, 0.15) is 24.5 Å². The molecular formula is C18H17NWY-2. The van der Waals surface area contributed by atoms with Crippen molar-refractivity contribution in [2.75, 3.05) is 0 Å². The largest absolute Gasteiger partial charge is 0.686 e. The topological polar surface area (TPSA) is 14.1 Å². The molecule has 2 unspecified atom stereocenters. The van der Waals surface area contributed by atoms with Gasteiger partial charge >= 0.3 is 0 Å². The molecule has 21 heavy (non-hydrogen) atoms. The Hall–Kier alpha value is -0.228. The fourth-order valence-electron chi connectivity index (χ4n) is 3.10. The predicted octanol–water partition coefficient (Wildman–Crippen LogP) is 4.45. The van der Waals surface area contributed by atoms with E-state index in [1.165, 1.54) is 11.1 Å². The first kappa shape index (κ1) is 18.8. The summed E-state index contributed by atoms with van der Waals surface area (Å²) in [7, 11) is 0. The zero-order valence-electron chi connectivity index (χ0n) is 12.1. The van der Waals surface area contributed by atoms with Crippen molar-refractivity contribution in [1.82, 2.24) is 0 Å². The SMILES string of the molecule is C=C1[N-]C(C)CC1(c1c[c-]ccc1)c1ccccc1.[W].[Y]. The minimum atomic E-state index is -0.182. The molecule has 0 saturated carbocycles. The van der Waals surface area contributed by atoms with Crippen molar-refractivity contribution in [3.63, 3.8) is 0 Å². The molecule has 105 valence electrons. The molecule has 2 aromatic carbocycles. The Kier molecular flexibility index (Phi) is 7.04. The first-order valence-electron chi connectivity index (χ1n) is 6.66. The maximum atomic E-state index is 4.69. The van der Waals surface area contributed by atoms with Crippen LogP contribution >= 0.6 is 0 Å². The zero-order valence-corrected chi connectivity index (χ0v) is 17.9. The molecule has 0 aromatic heterocycles.